The fourth-order valence-corrected chi connectivity index (χ4v) is 9.37. The van der Waals surface area contributed by atoms with Crippen molar-refractivity contribution in [2.75, 3.05) is 0 Å². The summed E-state index contributed by atoms with van der Waals surface area (Å²) in [6.45, 7) is 30.6. The van der Waals surface area contributed by atoms with Crippen LogP contribution >= 0.6 is 0 Å². The number of rotatable bonds is 6. The van der Waals surface area contributed by atoms with Crippen LogP contribution in [-0.4, -0.2) is 9.13 Å². The molecule has 0 atom stereocenters. The Morgan fingerprint density at radius 2 is 0.593 bits per heavy atom. The first-order valence-corrected chi connectivity index (χ1v) is 19.8. The number of nitrogens with zero attached hydrogens (tertiary/aromatic N) is 2. The molecule has 5 aromatic carbocycles. The number of fused-ring (bicyclic) bond motifs is 4. The van der Waals surface area contributed by atoms with Gasteiger partial charge in [-0.05, 0) is 146 Å². The molecule has 54 heavy (non-hydrogen) atoms. The van der Waals surface area contributed by atoms with Crippen LogP contribution in [0.2, 0.25) is 0 Å². The van der Waals surface area contributed by atoms with Gasteiger partial charge in [0.05, 0.1) is 33.4 Å². The van der Waals surface area contributed by atoms with Gasteiger partial charge in [0.2, 0.25) is 0 Å². The van der Waals surface area contributed by atoms with Crippen molar-refractivity contribution in [3.05, 3.63) is 137 Å². The van der Waals surface area contributed by atoms with Gasteiger partial charge >= 0.3 is 0 Å². The molecule has 4 heteroatoms. The minimum Gasteiger partial charge on any atom is -0.308 e. The van der Waals surface area contributed by atoms with Crippen molar-refractivity contribution in [1.29, 1.82) is 0 Å². The Balaban J connectivity index is 1.82. The molecule has 0 fully saturated rings. The Labute approximate surface area is 320 Å². The van der Waals surface area contributed by atoms with Gasteiger partial charge in [0, 0.05) is 21.5 Å². The molecule has 0 N–H and O–H groups in total. The van der Waals surface area contributed by atoms with E-state index >= 15 is 9.59 Å². The predicted molar refractivity (Wildman–Crippen MR) is 232 cm³/mol. The molecule has 0 unspecified atom stereocenters. The van der Waals surface area contributed by atoms with Crippen LogP contribution in [-0.2, 0) is 0 Å². The molecule has 0 bridgehead atoms. The predicted octanol–water partition coefficient (Wildman–Crippen LogP) is 12.9. The van der Waals surface area contributed by atoms with Gasteiger partial charge in [-0.2, -0.15) is 0 Å². The summed E-state index contributed by atoms with van der Waals surface area (Å²) in [5.41, 5.74) is 17.2. The van der Waals surface area contributed by atoms with Gasteiger partial charge in [0.25, 0.3) is 0 Å². The lowest BCUT2D eigenvalue weighted by Gasteiger charge is -2.25. The number of benzene rings is 5. The van der Waals surface area contributed by atoms with E-state index in [-0.39, 0.29) is 34.5 Å². The average Bonchev–Trinajstić information content (AvgIpc) is 3.08. The van der Waals surface area contributed by atoms with Gasteiger partial charge in [-0.25, -0.2) is 0 Å². The Hall–Kier alpha value is -4.96. The van der Waals surface area contributed by atoms with E-state index in [0.29, 0.717) is 21.5 Å². The van der Waals surface area contributed by atoms with E-state index in [2.05, 4.69) is 155 Å². The lowest BCUT2D eigenvalue weighted by molar-refractivity contribution is 0.792. The number of hydrogen-bond donors (Lipinski definition) is 0. The average molecular weight is 717 g/mol. The molecular formula is C50H56N2O2. The monoisotopic (exact) mass is 716 g/mol. The van der Waals surface area contributed by atoms with Crippen LogP contribution in [0.1, 0.15) is 135 Å². The zero-order chi connectivity index (χ0) is 39.2. The van der Waals surface area contributed by atoms with Crippen molar-refractivity contribution in [2.24, 2.45) is 0 Å². The first-order valence-electron chi connectivity index (χ1n) is 19.8. The van der Waals surface area contributed by atoms with Crippen molar-refractivity contribution >= 4 is 43.6 Å². The molecule has 4 nitrogen and oxygen atoms in total. The van der Waals surface area contributed by atoms with Gasteiger partial charge in [0.15, 0.2) is 10.9 Å². The maximum atomic E-state index is 15.1. The normalized spacial score (nSPS) is 12.3. The minimum atomic E-state index is -0.00718. The number of aromatic nitrogens is 2. The second kappa shape index (κ2) is 13.4. The molecule has 278 valence electrons. The van der Waals surface area contributed by atoms with E-state index in [4.69, 9.17) is 0 Å². The van der Waals surface area contributed by atoms with E-state index in [0.717, 1.165) is 55.7 Å². The Kier molecular flexibility index (Phi) is 9.28. The van der Waals surface area contributed by atoms with Crippen molar-refractivity contribution < 1.29 is 0 Å². The molecule has 0 spiro atoms. The summed E-state index contributed by atoms with van der Waals surface area (Å²) >= 11 is 0. The summed E-state index contributed by atoms with van der Waals surface area (Å²) in [7, 11) is 0. The highest BCUT2D eigenvalue weighted by Crippen LogP contribution is 2.38. The van der Waals surface area contributed by atoms with E-state index < -0.39 is 0 Å². The van der Waals surface area contributed by atoms with Crippen LogP contribution in [0.5, 0.6) is 0 Å². The highest BCUT2D eigenvalue weighted by atomic mass is 16.1. The zero-order valence-corrected chi connectivity index (χ0v) is 34.8. The van der Waals surface area contributed by atoms with Crippen LogP contribution in [0.25, 0.3) is 55.0 Å². The summed E-state index contributed by atoms with van der Waals surface area (Å²) in [6.07, 6.45) is 0. The summed E-state index contributed by atoms with van der Waals surface area (Å²) < 4.78 is 4.56. The van der Waals surface area contributed by atoms with E-state index in [1.165, 1.54) is 33.4 Å². The third-order valence-corrected chi connectivity index (χ3v) is 11.7. The molecule has 2 heterocycles. The molecule has 7 rings (SSSR count). The third-order valence-electron chi connectivity index (χ3n) is 11.7. The molecule has 7 aromatic rings. The number of pyridine rings is 2. The van der Waals surface area contributed by atoms with Crippen LogP contribution in [0.4, 0.5) is 0 Å². The van der Waals surface area contributed by atoms with Crippen molar-refractivity contribution in [3.8, 4) is 11.4 Å². The molecule has 0 radical (unpaired) electrons. The van der Waals surface area contributed by atoms with Gasteiger partial charge in [-0.3, -0.25) is 9.59 Å². The second-order valence-corrected chi connectivity index (χ2v) is 17.3. The minimum absolute atomic E-state index is 0.00718. The third kappa shape index (κ3) is 5.81. The first kappa shape index (κ1) is 37.4. The zero-order valence-electron chi connectivity index (χ0n) is 34.8. The molecule has 0 saturated heterocycles. The molecule has 0 aliphatic rings. The molecular weight excluding hydrogens is 661 g/mol. The SMILES string of the molecule is Cc1cc(C)c(-n2c3cc(C(C)C)c(C(C)C)cc3c(=O)c3cc4c(cc32)c(=O)c2cc(C(C)C)c(C(C)C)cc2n4-c2c(C)cc(C)cc2C)c(C)c1. The Morgan fingerprint density at radius 3 is 0.870 bits per heavy atom. The van der Waals surface area contributed by atoms with Crippen LogP contribution in [0, 0.1) is 41.5 Å². The van der Waals surface area contributed by atoms with Crippen LogP contribution in [0.15, 0.2) is 70.3 Å². The molecule has 0 saturated carbocycles. The van der Waals surface area contributed by atoms with Gasteiger partial charge < -0.3 is 9.13 Å². The first-order chi connectivity index (χ1) is 25.4. The van der Waals surface area contributed by atoms with Gasteiger partial charge in [-0.15, -0.1) is 0 Å². The Morgan fingerprint density at radius 1 is 0.352 bits per heavy atom. The fraction of sp³-hybridized carbons (Fsp3) is 0.360. The summed E-state index contributed by atoms with van der Waals surface area (Å²) in [5.74, 6) is 1.05. The lowest BCUT2D eigenvalue weighted by atomic mass is 9.88. The van der Waals surface area contributed by atoms with E-state index in [9.17, 15) is 0 Å². The quantitative estimate of drug-likeness (QED) is 0.161. The lowest BCUT2D eigenvalue weighted by Crippen LogP contribution is -2.17. The van der Waals surface area contributed by atoms with Gasteiger partial charge in [0.1, 0.15) is 0 Å². The highest BCUT2D eigenvalue weighted by Gasteiger charge is 2.24. The maximum absolute atomic E-state index is 15.1. The maximum Gasteiger partial charge on any atom is 0.197 e. The van der Waals surface area contributed by atoms with Crippen molar-refractivity contribution in [3.63, 3.8) is 0 Å². The van der Waals surface area contributed by atoms with Crippen molar-refractivity contribution in [1.82, 2.24) is 9.13 Å². The molecule has 2 aromatic heterocycles. The summed E-state index contributed by atoms with van der Waals surface area (Å²) in [5, 5.41) is 2.63. The van der Waals surface area contributed by atoms with E-state index in [1.54, 1.807) is 0 Å². The largest absolute Gasteiger partial charge is 0.308 e. The highest BCUT2D eigenvalue weighted by molar-refractivity contribution is 6.06. The van der Waals surface area contributed by atoms with Crippen molar-refractivity contribution in [2.45, 2.75) is 121 Å². The van der Waals surface area contributed by atoms with Crippen LogP contribution in [0.3, 0.4) is 0 Å². The molecule has 0 aliphatic carbocycles. The summed E-state index contributed by atoms with van der Waals surface area (Å²) in [6, 6.07) is 21.7. The van der Waals surface area contributed by atoms with E-state index in [1.807, 2.05) is 12.1 Å². The smallest absolute Gasteiger partial charge is 0.197 e. The molecule has 0 amide bonds. The van der Waals surface area contributed by atoms with Crippen LogP contribution < -0.4 is 10.9 Å². The number of hydrogen-bond acceptors (Lipinski definition) is 2. The second-order valence-electron chi connectivity index (χ2n) is 17.3. The Bertz CT molecular complexity index is 2580. The van der Waals surface area contributed by atoms with Gasteiger partial charge in [-0.1, -0.05) is 90.8 Å². The number of aryl methyl sites for hydroxylation is 6. The fourth-order valence-electron chi connectivity index (χ4n) is 9.37. The summed E-state index contributed by atoms with van der Waals surface area (Å²) in [4.78, 5) is 30.3. The molecule has 0 aliphatic heterocycles. The topological polar surface area (TPSA) is 44.0 Å². The standard InChI is InChI=1S/C50H56N2O2/c1-25(2)35-19-39-43(21-37(35)27(5)6)51(47-31(11)15-29(9)16-32(47)12)45-24-42-46(23-41(45)49(39)53)52(48-33(13)17-30(10)18-34(48)14)44-22-38(28(7)8)36(26(3)4)20-40(44)50(42)54/h15-28H,1-14H3.